The summed E-state index contributed by atoms with van der Waals surface area (Å²) in [6, 6.07) is 5.89. The summed E-state index contributed by atoms with van der Waals surface area (Å²) in [5.41, 5.74) is 1.44. The van der Waals surface area contributed by atoms with Gasteiger partial charge in [0.1, 0.15) is 0 Å². The highest BCUT2D eigenvalue weighted by molar-refractivity contribution is 9.10. The van der Waals surface area contributed by atoms with Crippen molar-refractivity contribution in [2.45, 2.75) is 26.3 Å². The van der Waals surface area contributed by atoms with Gasteiger partial charge >= 0.3 is 0 Å². The first-order chi connectivity index (χ1) is 9.43. The lowest BCUT2D eigenvalue weighted by atomic mass is 10.00. The van der Waals surface area contributed by atoms with Gasteiger partial charge < -0.3 is 10.6 Å². The molecule has 0 aliphatic carbocycles. The molecule has 20 heavy (non-hydrogen) atoms. The van der Waals surface area contributed by atoms with Crippen LogP contribution >= 0.6 is 15.9 Å². The van der Waals surface area contributed by atoms with Crippen molar-refractivity contribution >= 4 is 27.5 Å². The average molecular weight is 340 g/mol. The lowest BCUT2D eigenvalue weighted by Crippen LogP contribution is -2.58. The molecule has 1 aliphatic rings. The van der Waals surface area contributed by atoms with Gasteiger partial charge in [0.25, 0.3) is 0 Å². The Bertz CT molecular complexity index is 496. The van der Waals surface area contributed by atoms with Gasteiger partial charge in [0.15, 0.2) is 0 Å². The number of carbonyl (C=O) groups is 1. The number of aryl methyl sites for hydroxylation is 1. The number of anilines is 1. The Balaban J connectivity index is 2.12. The molecule has 4 nitrogen and oxygen atoms in total. The lowest BCUT2D eigenvalue weighted by molar-refractivity contribution is -0.126. The molecule has 2 rings (SSSR count). The van der Waals surface area contributed by atoms with E-state index in [1.54, 1.807) is 0 Å². The molecule has 0 spiro atoms. The van der Waals surface area contributed by atoms with Crippen LogP contribution in [0.3, 0.4) is 0 Å². The molecule has 0 atom stereocenters. The lowest BCUT2D eigenvalue weighted by Gasteiger charge is -2.39. The molecule has 110 valence electrons. The third kappa shape index (κ3) is 3.22. The van der Waals surface area contributed by atoms with Crippen LogP contribution < -0.4 is 10.6 Å². The van der Waals surface area contributed by atoms with E-state index in [4.69, 9.17) is 0 Å². The van der Waals surface area contributed by atoms with Crippen LogP contribution in [-0.2, 0) is 4.79 Å². The summed E-state index contributed by atoms with van der Waals surface area (Å²) < 4.78 is 0.949. The fourth-order valence-corrected chi connectivity index (χ4v) is 2.75. The van der Waals surface area contributed by atoms with Crippen molar-refractivity contribution in [3.05, 3.63) is 28.2 Å². The fourth-order valence-electron chi connectivity index (χ4n) is 2.39. The third-order valence-electron chi connectivity index (χ3n) is 3.90. The van der Waals surface area contributed by atoms with Gasteiger partial charge in [0, 0.05) is 30.7 Å². The van der Waals surface area contributed by atoms with Crippen LogP contribution in [0.4, 0.5) is 5.69 Å². The van der Waals surface area contributed by atoms with Crippen LogP contribution in [0.1, 0.15) is 19.4 Å². The van der Waals surface area contributed by atoms with Gasteiger partial charge in [0.05, 0.1) is 11.2 Å². The molecule has 1 aromatic rings. The van der Waals surface area contributed by atoms with Crippen LogP contribution in [0.5, 0.6) is 0 Å². The molecule has 1 aliphatic heterocycles. The number of halogens is 1. The van der Waals surface area contributed by atoms with Crippen molar-refractivity contribution < 1.29 is 4.79 Å². The number of nitrogens with zero attached hydrogens (tertiary/aromatic N) is 1. The fraction of sp³-hybridized carbons (Fsp3) is 0.533. The first kappa shape index (κ1) is 15.5. The zero-order valence-corrected chi connectivity index (χ0v) is 13.9. The normalized spacial score (nSPS) is 17.0. The number of rotatable bonds is 3. The van der Waals surface area contributed by atoms with Gasteiger partial charge in [-0.3, -0.25) is 9.69 Å². The van der Waals surface area contributed by atoms with E-state index >= 15 is 0 Å². The van der Waals surface area contributed by atoms with Gasteiger partial charge in [0.2, 0.25) is 5.91 Å². The summed E-state index contributed by atoms with van der Waals surface area (Å²) in [5.74, 6) is 0.0331. The highest BCUT2D eigenvalue weighted by Crippen LogP contribution is 2.27. The maximum Gasteiger partial charge on any atom is 0.244 e. The molecule has 1 saturated heterocycles. The molecule has 5 heteroatoms. The molecule has 2 N–H and O–H groups in total. The molecule has 0 bridgehead atoms. The van der Waals surface area contributed by atoms with E-state index in [0.717, 1.165) is 41.9 Å². The summed E-state index contributed by atoms with van der Waals surface area (Å²) >= 11 is 3.53. The van der Waals surface area contributed by atoms with E-state index in [9.17, 15) is 4.79 Å². The number of nitrogens with one attached hydrogen (secondary N) is 2. The van der Waals surface area contributed by atoms with Crippen molar-refractivity contribution in [3.8, 4) is 0 Å². The smallest absolute Gasteiger partial charge is 0.244 e. The predicted molar refractivity (Wildman–Crippen MR) is 86.0 cm³/mol. The topological polar surface area (TPSA) is 44.4 Å². The van der Waals surface area contributed by atoms with E-state index < -0.39 is 5.54 Å². The summed E-state index contributed by atoms with van der Waals surface area (Å²) in [6.45, 7) is 9.65. The van der Waals surface area contributed by atoms with Crippen molar-refractivity contribution in [2.75, 3.05) is 31.5 Å². The van der Waals surface area contributed by atoms with Crippen molar-refractivity contribution in [1.29, 1.82) is 0 Å². The van der Waals surface area contributed by atoms with Crippen molar-refractivity contribution in [1.82, 2.24) is 10.2 Å². The van der Waals surface area contributed by atoms with Crippen LogP contribution in [0.25, 0.3) is 0 Å². The van der Waals surface area contributed by atoms with E-state index in [0.29, 0.717) is 0 Å². The highest BCUT2D eigenvalue weighted by atomic mass is 79.9. The first-order valence-electron chi connectivity index (χ1n) is 6.95. The first-order valence-corrected chi connectivity index (χ1v) is 7.74. The average Bonchev–Trinajstić information content (AvgIpc) is 2.44. The molecule has 1 fully saturated rings. The predicted octanol–water partition coefficient (Wildman–Crippen LogP) is 2.38. The second-order valence-electron chi connectivity index (χ2n) is 5.69. The summed E-state index contributed by atoms with van der Waals surface area (Å²) in [5, 5.41) is 6.35. The number of hydrogen-bond acceptors (Lipinski definition) is 3. The minimum Gasteiger partial charge on any atom is -0.323 e. The zero-order valence-electron chi connectivity index (χ0n) is 12.3. The van der Waals surface area contributed by atoms with Gasteiger partial charge in [-0.1, -0.05) is 12.1 Å². The Labute approximate surface area is 129 Å². The Hall–Kier alpha value is -0.910. The van der Waals surface area contributed by atoms with Gasteiger partial charge in [-0.25, -0.2) is 0 Å². The monoisotopic (exact) mass is 339 g/mol. The molecular formula is C15H22BrN3O. The van der Waals surface area contributed by atoms with E-state index in [1.807, 2.05) is 39.0 Å². The van der Waals surface area contributed by atoms with Crippen molar-refractivity contribution in [2.24, 2.45) is 0 Å². The molecule has 0 aromatic heterocycles. The standard InChI is InChI=1S/C15H22BrN3O/c1-11-5-4-6-12(13(11)16)18-14(20)15(2,3)19-9-7-17-8-10-19/h4-6,17H,7-10H2,1-3H3,(H,18,20). The quantitative estimate of drug-likeness (QED) is 0.888. The summed E-state index contributed by atoms with van der Waals surface area (Å²) in [7, 11) is 0. The van der Waals surface area contributed by atoms with Crippen LogP contribution in [-0.4, -0.2) is 42.5 Å². The van der Waals surface area contributed by atoms with Gasteiger partial charge in [-0.05, 0) is 48.3 Å². The largest absolute Gasteiger partial charge is 0.323 e. The van der Waals surface area contributed by atoms with E-state index in [-0.39, 0.29) is 5.91 Å². The number of piperazine rings is 1. The minimum atomic E-state index is -0.509. The molecule has 1 amide bonds. The number of carbonyl (C=O) groups excluding carboxylic acids is 1. The molecule has 0 saturated carbocycles. The molecular weight excluding hydrogens is 318 g/mol. The Kier molecular flexibility index (Phi) is 4.83. The number of hydrogen-bond donors (Lipinski definition) is 2. The second kappa shape index (κ2) is 6.24. The van der Waals surface area contributed by atoms with Crippen LogP contribution in [0, 0.1) is 6.92 Å². The summed E-state index contributed by atoms with van der Waals surface area (Å²) in [6.07, 6.45) is 0. The SMILES string of the molecule is Cc1cccc(NC(=O)C(C)(C)N2CCNCC2)c1Br. The Morgan fingerprint density at radius 1 is 1.35 bits per heavy atom. The van der Waals surface area contributed by atoms with Gasteiger partial charge in [-0.2, -0.15) is 0 Å². The van der Waals surface area contributed by atoms with E-state index in [1.165, 1.54) is 0 Å². The zero-order chi connectivity index (χ0) is 14.8. The van der Waals surface area contributed by atoms with Crippen LogP contribution in [0.2, 0.25) is 0 Å². The van der Waals surface area contributed by atoms with Gasteiger partial charge in [-0.15, -0.1) is 0 Å². The molecule has 1 heterocycles. The van der Waals surface area contributed by atoms with Crippen molar-refractivity contribution in [3.63, 3.8) is 0 Å². The van der Waals surface area contributed by atoms with Crippen LogP contribution in [0.15, 0.2) is 22.7 Å². The maximum atomic E-state index is 12.6. The molecule has 1 aromatic carbocycles. The Morgan fingerprint density at radius 3 is 2.65 bits per heavy atom. The summed E-state index contributed by atoms with van der Waals surface area (Å²) in [4.78, 5) is 14.8. The highest BCUT2D eigenvalue weighted by Gasteiger charge is 2.35. The number of amides is 1. The second-order valence-corrected chi connectivity index (χ2v) is 6.48. The van der Waals surface area contributed by atoms with E-state index in [2.05, 4.69) is 31.5 Å². The third-order valence-corrected chi connectivity index (χ3v) is 4.96. The molecule has 0 unspecified atom stereocenters. The number of benzene rings is 1. The molecule has 0 radical (unpaired) electrons. The maximum absolute atomic E-state index is 12.6. The minimum absolute atomic E-state index is 0.0331. The Morgan fingerprint density at radius 2 is 2.00 bits per heavy atom.